The van der Waals surface area contributed by atoms with Crippen molar-refractivity contribution in [3.63, 3.8) is 0 Å². The number of hydrogen-bond acceptors (Lipinski definition) is 5. The molecule has 0 fully saturated rings. The van der Waals surface area contributed by atoms with Crippen LogP contribution in [0.1, 0.15) is 26.3 Å². The van der Waals surface area contributed by atoms with Gasteiger partial charge in [0, 0.05) is 0 Å². The summed E-state index contributed by atoms with van der Waals surface area (Å²) in [6.07, 6.45) is 1.62. The molecule has 0 aromatic heterocycles. The summed E-state index contributed by atoms with van der Waals surface area (Å²) in [6.45, 7) is 7.58. The number of hydrogen-bond donors (Lipinski definition) is 2. The van der Waals surface area contributed by atoms with E-state index in [1.54, 1.807) is 12.3 Å². The lowest BCUT2D eigenvalue weighted by Gasteiger charge is -2.15. The fourth-order valence-electron chi connectivity index (χ4n) is 1.55. The van der Waals surface area contributed by atoms with Crippen molar-refractivity contribution < 1.29 is 14.6 Å². The standard InChI is InChI=1S/C15H23ClN2O3/c1-4-20-14-8-12(9-18-17-5-6-19)7-13(16)15(14)21-10-11(2)3/h7-9,11,17,19H,4-6,10H2,1-3H3. The lowest BCUT2D eigenvalue weighted by Crippen LogP contribution is -2.11. The van der Waals surface area contributed by atoms with Crippen molar-refractivity contribution in [2.75, 3.05) is 26.4 Å². The van der Waals surface area contributed by atoms with Crippen LogP contribution >= 0.6 is 11.6 Å². The second kappa shape index (κ2) is 9.47. The lowest BCUT2D eigenvalue weighted by molar-refractivity contribution is 0.248. The SMILES string of the molecule is CCOc1cc(C=NNCCO)cc(Cl)c1OCC(C)C. The Morgan fingerprint density at radius 1 is 1.38 bits per heavy atom. The molecule has 0 spiro atoms. The lowest BCUT2D eigenvalue weighted by atomic mass is 10.2. The summed E-state index contributed by atoms with van der Waals surface area (Å²) < 4.78 is 11.3. The van der Waals surface area contributed by atoms with Crippen molar-refractivity contribution in [3.8, 4) is 11.5 Å². The van der Waals surface area contributed by atoms with Gasteiger partial charge in [0.25, 0.3) is 0 Å². The summed E-state index contributed by atoms with van der Waals surface area (Å²) in [5.74, 6) is 1.57. The molecule has 0 atom stereocenters. The van der Waals surface area contributed by atoms with E-state index >= 15 is 0 Å². The first kappa shape index (κ1) is 17.6. The maximum Gasteiger partial charge on any atom is 0.179 e. The molecular weight excluding hydrogens is 292 g/mol. The van der Waals surface area contributed by atoms with Gasteiger partial charge in [0.05, 0.1) is 37.6 Å². The topological polar surface area (TPSA) is 63.1 Å². The number of halogens is 1. The van der Waals surface area contributed by atoms with Gasteiger partial charge >= 0.3 is 0 Å². The highest BCUT2D eigenvalue weighted by atomic mass is 35.5. The Balaban J connectivity index is 2.91. The summed E-state index contributed by atoms with van der Waals surface area (Å²) in [7, 11) is 0. The fraction of sp³-hybridized carbons (Fsp3) is 0.533. The number of aliphatic hydroxyl groups is 1. The first-order chi connectivity index (χ1) is 10.1. The zero-order chi connectivity index (χ0) is 15.7. The number of hydrazone groups is 1. The van der Waals surface area contributed by atoms with Crippen molar-refractivity contribution in [2.24, 2.45) is 11.0 Å². The average molecular weight is 315 g/mol. The van der Waals surface area contributed by atoms with E-state index in [2.05, 4.69) is 24.4 Å². The molecule has 0 unspecified atom stereocenters. The van der Waals surface area contributed by atoms with Crippen molar-refractivity contribution in [1.82, 2.24) is 5.43 Å². The molecule has 0 amide bonds. The Labute approximate surface area is 130 Å². The highest BCUT2D eigenvalue weighted by Gasteiger charge is 2.12. The Morgan fingerprint density at radius 3 is 2.76 bits per heavy atom. The Morgan fingerprint density at radius 2 is 2.14 bits per heavy atom. The number of nitrogens with zero attached hydrogens (tertiary/aromatic N) is 1. The molecule has 1 aromatic rings. The monoisotopic (exact) mass is 314 g/mol. The fourth-order valence-corrected chi connectivity index (χ4v) is 1.82. The third-order valence-electron chi connectivity index (χ3n) is 2.42. The normalized spacial score (nSPS) is 11.1. The minimum Gasteiger partial charge on any atom is -0.490 e. The van der Waals surface area contributed by atoms with Crippen LogP contribution < -0.4 is 14.9 Å². The predicted molar refractivity (Wildman–Crippen MR) is 85.6 cm³/mol. The van der Waals surface area contributed by atoms with Crippen molar-refractivity contribution in [2.45, 2.75) is 20.8 Å². The smallest absolute Gasteiger partial charge is 0.179 e. The van der Waals surface area contributed by atoms with Gasteiger partial charge in [-0.3, -0.25) is 0 Å². The molecule has 0 saturated carbocycles. The first-order valence-electron chi connectivity index (χ1n) is 7.04. The third-order valence-corrected chi connectivity index (χ3v) is 2.70. The molecule has 1 rings (SSSR count). The van der Waals surface area contributed by atoms with E-state index in [1.807, 2.05) is 13.0 Å². The average Bonchev–Trinajstić information content (AvgIpc) is 2.43. The molecule has 21 heavy (non-hydrogen) atoms. The summed E-state index contributed by atoms with van der Waals surface area (Å²) in [5.41, 5.74) is 3.51. The molecule has 0 saturated heterocycles. The molecule has 0 aliphatic carbocycles. The summed E-state index contributed by atoms with van der Waals surface area (Å²) >= 11 is 6.27. The number of rotatable bonds is 9. The zero-order valence-corrected chi connectivity index (χ0v) is 13.5. The maximum atomic E-state index is 8.67. The van der Waals surface area contributed by atoms with E-state index in [4.69, 9.17) is 26.2 Å². The molecule has 0 bridgehead atoms. The van der Waals surface area contributed by atoms with Gasteiger partial charge in [-0.2, -0.15) is 5.10 Å². The van der Waals surface area contributed by atoms with Gasteiger partial charge in [-0.05, 0) is 30.5 Å². The predicted octanol–water partition coefficient (Wildman–Crippen LogP) is 2.69. The maximum absolute atomic E-state index is 8.67. The Hall–Kier alpha value is -1.46. The van der Waals surface area contributed by atoms with E-state index in [0.717, 1.165) is 5.56 Å². The highest BCUT2D eigenvalue weighted by Crippen LogP contribution is 2.36. The minimum atomic E-state index is 0.0320. The minimum absolute atomic E-state index is 0.0320. The van der Waals surface area contributed by atoms with Crippen LogP contribution in [0.15, 0.2) is 17.2 Å². The van der Waals surface area contributed by atoms with Crippen LogP contribution in [0.4, 0.5) is 0 Å². The summed E-state index contributed by atoms with van der Waals surface area (Å²) in [4.78, 5) is 0. The molecule has 1 aromatic carbocycles. The summed E-state index contributed by atoms with van der Waals surface area (Å²) in [6, 6.07) is 3.60. The number of aliphatic hydroxyl groups excluding tert-OH is 1. The molecule has 118 valence electrons. The molecular formula is C15H23ClN2O3. The second-order valence-electron chi connectivity index (χ2n) is 4.86. The molecule has 0 radical (unpaired) electrons. The van der Waals surface area contributed by atoms with Gasteiger partial charge in [0.1, 0.15) is 0 Å². The molecule has 0 aliphatic rings. The number of benzene rings is 1. The van der Waals surface area contributed by atoms with E-state index in [0.29, 0.717) is 42.2 Å². The van der Waals surface area contributed by atoms with E-state index in [1.165, 1.54) is 0 Å². The van der Waals surface area contributed by atoms with Gasteiger partial charge < -0.3 is 20.0 Å². The zero-order valence-electron chi connectivity index (χ0n) is 12.7. The molecule has 0 heterocycles. The van der Waals surface area contributed by atoms with Gasteiger partial charge in [0.15, 0.2) is 11.5 Å². The number of ether oxygens (including phenoxy) is 2. The van der Waals surface area contributed by atoms with E-state index in [9.17, 15) is 0 Å². The first-order valence-corrected chi connectivity index (χ1v) is 7.42. The summed E-state index contributed by atoms with van der Waals surface area (Å²) in [5, 5.41) is 13.1. The van der Waals surface area contributed by atoms with Crippen molar-refractivity contribution >= 4 is 17.8 Å². The Kier molecular flexibility index (Phi) is 7.93. The quantitative estimate of drug-likeness (QED) is 0.418. The molecule has 6 heteroatoms. The highest BCUT2D eigenvalue weighted by molar-refractivity contribution is 6.32. The van der Waals surface area contributed by atoms with Gasteiger partial charge in [-0.1, -0.05) is 25.4 Å². The molecule has 5 nitrogen and oxygen atoms in total. The van der Waals surface area contributed by atoms with Gasteiger partial charge in [-0.15, -0.1) is 0 Å². The largest absolute Gasteiger partial charge is 0.490 e. The molecule has 2 N–H and O–H groups in total. The molecule has 0 aliphatic heterocycles. The van der Waals surface area contributed by atoms with E-state index in [-0.39, 0.29) is 6.61 Å². The van der Waals surface area contributed by atoms with Gasteiger partial charge in [-0.25, -0.2) is 0 Å². The third kappa shape index (κ3) is 6.23. The van der Waals surface area contributed by atoms with Crippen molar-refractivity contribution in [1.29, 1.82) is 0 Å². The van der Waals surface area contributed by atoms with Crippen LogP contribution in [0.25, 0.3) is 0 Å². The van der Waals surface area contributed by atoms with Crippen LogP contribution in [0.5, 0.6) is 11.5 Å². The van der Waals surface area contributed by atoms with Gasteiger partial charge in [0.2, 0.25) is 0 Å². The van der Waals surface area contributed by atoms with Crippen molar-refractivity contribution in [3.05, 3.63) is 22.7 Å². The van der Waals surface area contributed by atoms with Crippen LogP contribution in [-0.4, -0.2) is 37.7 Å². The van der Waals surface area contributed by atoms with E-state index < -0.39 is 0 Å². The second-order valence-corrected chi connectivity index (χ2v) is 5.26. The van der Waals surface area contributed by atoms with Crippen LogP contribution in [0.2, 0.25) is 5.02 Å². The Bertz CT molecular complexity index is 464. The van der Waals surface area contributed by atoms with Crippen LogP contribution in [0, 0.1) is 5.92 Å². The van der Waals surface area contributed by atoms with Crippen LogP contribution in [-0.2, 0) is 0 Å². The number of nitrogens with one attached hydrogen (secondary N) is 1. The van der Waals surface area contributed by atoms with Crippen LogP contribution in [0.3, 0.4) is 0 Å².